The molecule has 1 N–H and O–H groups in total. The summed E-state index contributed by atoms with van der Waals surface area (Å²) in [6.45, 7) is 0.965. The maximum Gasteiger partial charge on any atom is 0.162 e. The highest BCUT2D eigenvalue weighted by atomic mass is 15.1. The zero-order valence-electron chi connectivity index (χ0n) is 11.0. The summed E-state index contributed by atoms with van der Waals surface area (Å²) in [5.74, 6) is 0.925. The molecule has 2 heterocycles. The van der Waals surface area contributed by atoms with Crippen molar-refractivity contribution in [3.63, 3.8) is 0 Å². The normalized spacial score (nSPS) is 13.7. The first-order chi connectivity index (χ1) is 9.33. The standard InChI is InChI=1S/C15H16N4/c1-17-12-7-5-11(6-8-12)15-18-13(10-16)14-4-2-3-9-19(14)15/h5-8,17H,2-4,9H2,1H3. The van der Waals surface area contributed by atoms with Gasteiger partial charge in [0.15, 0.2) is 5.69 Å². The average molecular weight is 252 g/mol. The zero-order chi connectivity index (χ0) is 13.2. The molecule has 0 unspecified atom stereocenters. The third-order valence-electron chi connectivity index (χ3n) is 3.66. The predicted octanol–water partition coefficient (Wildman–Crippen LogP) is 2.80. The molecule has 0 aliphatic carbocycles. The summed E-state index contributed by atoms with van der Waals surface area (Å²) in [6.07, 6.45) is 3.28. The Balaban J connectivity index is 2.09. The van der Waals surface area contributed by atoms with Crippen LogP contribution in [0.4, 0.5) is 5.69 Å². The van der Waals surface area contributed by atoms with Crippen molar-refractivity contribution in [1.82, 2.24) is 9.55 Å². The molecule has 4 nitrogen and oxygen atoms in total. The monoisotopic (exact) mass is 252 g/mol. The van der Waals surface area contributed by atoms with E-state index in [1.54, 1.807) is 0 Å². The summed E-state index contributed by atoms with van der Waals surface area (Å²) in [7, 11) is 1.90. The largest absolute Gasteiger partial charge is 0.388 e. The lowest BCUT2D eigenvalue weighted by atomic mass is 10.1. The highest BCUT2D eigenvalue weighted by molar-refractivity contribution is 5.62. The van der Waals surface area contributed by atoms with Gasteiger partial charge in [-0.2, -0.15) is 5.26 Å². The molecule has 0 amide bonds. The molecule has 0 saturated carbocycles. The van der Waals surface area contributed by atoms with Gasteiger partial charge in [-0.15, -0.1) is 0 Å². The van der Waals surface area contributed by atoms with E-state index in [1.807, 2.05) is 19.2 Å². The average Bonchev–Trinajstić information content (AvgIpc) is 2.86. The molecule has 1 aromatic carbocycles. The van der Waals surface area contributed by atoms with Crippen LogP contribution in [0.1, 0.15) is 24.2 Å². The van der Waals surface area contributed by atoms with E-state index >= 15 is 0 Å². The maximum absolute atomic E-state index is 9.20. The van der Waals surface area contributed by atoms with Crippen molar-refractivity contribution in [2.45, 2.75) is 25.8 Å². The lowest BCUT2D eigenvalue weighted by molar-refractivity contribution is 0.535. The molecule has 1 aliphatic heterocycles. The van der Waals surface area contributed by atoms with Gasteiger partial charge in [-0.3, -0.25) is 0 Å². The van der Waals surface area contributed by atoms with Crippen molar-refractivity contribution in [3.05, 3.63) is 35.7 Å². The van der Waals surface area contributed by atoms with Gasteiger partial charge in [0.05, 0.1) is 5.69 Å². The molecular weight excluding hydrogens is 236 g/mol. The third-order valence-corrected chi connectivity index (χ3v) is 3.66. The molecule has 96 valence electrons. The molecule has 4 heteroatoms. The molecule has 0 bridgehead atoms. The van der Waals surface area contributed by atoms with E-state index in [-0.39, 0.29) is 0 Å². The summed E-state index contributed by atoms with van der Waals surface area (Å²) in [5.41, 5.74) is 3.84. The van der Waals surface area contributed by atoms with Crippen LogP contribution in [0, 0.1) is 11.3 Å². The summed E-state index contributed by atoms with van der Waals surface area (Å²) >= 11 is 0. The summed E-state index contributed by atoms with van der Waals surface area (Å²) in [5, 5.41) is 12.3. The SMILES string of the molecule is CNc1ccc(-c2nc(C#N)c3n2CCCC3)cc1. The van der Waals surface area contributed by atoms with Crippen molar-refractivity contribution in [1.29, 1.82) is 5.26 Å². The van der Waals surface area contributed by atoms with Crippen LogP contribution in [0.3, 0.4) is 0 Å². The number of nitrogens with zero attached hydrogens (tertiary/aromatic N) is 3. The van der Waals surface area contributed by atoms with E-state index in [0.29, 0.717) is 5.69 Å². The van der Waals surface area contributed by atoms with Gasteiger partial charge in [0, 0.05) is 24.8 Å². The first-order valence-corrected chi connectivity index (χ1v) is 6.61. The molecule has 19 heavy (non-hydrogen) atoms. The van der Waals surface area contributed by atoms with Crippen molar-refractivity contribution < 1.29 is 0 Å². The minimum Gasteiger partial charge on any atom is -0.388 e. The van der Waals surface area contributed by atoms with Crippen LogP contribution in [0.2, 0.25) is 0 Å². The molecule has 0 saturated heterocycles. The number of aromatic nitrogens is 2. The second kappa shape index (κ2) is 4.77. The second-order valence-electron chi connectivity index (χ2n) is 4.78. The van der Waals surface area contributed by atoms with Gasteiger partial charge < -0.3 is 9.88 Å². The molecule has 3 rings (SSSR count). The molecule has 1 aromatic heterocycles. The number of anilines is 1. The van der Waals surface area contributed by atoms with Crippen LogP contribution < -0.4 is 5.32 Å². The van der Waals surface area contributed by atoms with Gasteiger partial charge in [0.1, 0.15) is 11.9 Å². The Hall–Kier alpha value is -2.28. The van der Waals surface area contributed by atoms with Crippen LogP contribution in [-0.2, 0) is 13.0 Å². The fourth-order valence-corrected chi connectivity index (χ4v) is 2.64. The van der Waals surface area contributed by atoms with Crippen molar-refractivity contribution >= 4 is 5.69 Å². The fraction of sp³-hybridized carbons (Fsp3) is 0.333. The number of imidazole rings is 1. The number of fused-ring (bicyclic) bond motifs is 1. The summed E-state index contributed by atoms with van der Waals surface area (Å²) in [6, 6.07) is 10.4. The van der Waals surface area contributed by atoms with E-state index in [2.05, 4.69) is 33.1 Å². The van der Waals surface area contributed by atoms with E-state index in [4.69, 9.17) is 0 Å². The Morgan fingerprint density at radius 1 is 1.26 bits per heavy atom. The van der Waals surface area contributed by atoms with E-state index in [9.17, 15) is 5.26 Å². The van der Waals surface area contributed by atoms with Gasteiger partial charge in [0.25, 0.3) is 0 Å². The predicted molar refractivity (Wildman–Crippen MR) is 74.9 cm³/mol. The Morgan fingerprint density at radius 3 is 2.74 bits per heavy atom. The maximum atomic E-state index is 9.20. The molecule has 0 radical (unpaired) electrons. The van der Waals surface area contributed by atoms with Crippen LogP contribution in [0.15, 0.2) is 24.3 Å². The van der Waals surface area contributed by atoms with Crippen molar-refractivity contribution in [3.8, 4) is 17.5 Å². The van der Waals surface area contributed by atoms with Gasteiger partial charge >= 0.3 is 0 Å². The second-order valence-corrected chi connectivity index (χ2v) is 4.78. The quantitative estimate of drug-likeness (QED) is 0.894. The Bertz CT molecular complexity index is 631. The molecule has 0 atom stereocenters. The van der Waals surface area contributed by atoms with Gasteiger partial charge in [-0.25, -0.2) is 4.98 Å². The number of hydrogen-bond acceptors (Lipinski definition) is 3. The summed E-state index contributed by atoms with van der Waals surface area (Å²) in [4.78, 5) is 4.52. The highest BCUT2D eigenvalue weighted by Crippen LogP contribution is 2.27. The first kappa shape index (κ1) is 11.8. The fourth-order valence-electron chi connectivity index (χ4n) is 2.64. The third kappa shape index (κ3) is 1.97. The lowest BCUT2D eigenvalue weighted by Crippen LogP contribution is -2.11. The van der Waals surface area contributed by atoms with Crippen molar-refractivity contribution in [2.24, 2.45) is 0 Å². The molecule has 1 aliphatic rings. The topological polar surface area (TPSA) is 53.6 Å². The van der Waals surface area contributed by atoms with Crippen molar-refractivity contribution in [2.75, 3.05) is 12.4 Å². The minimum absolute atomic E-state index is 0.590. The molecule has 0 spiro atoms. The Labute approximate surface area is 112 Å². The van der Waals surface area contributed by atoms with E-state index in [1.165, 1.54) is 0 Å². The number of nitriles is 1. The van der Waals surface area contributed by atoms with E-state index in [0.717, 1.165) is 48.6 Å². The van der Waals surface area contributed by atoms with Crippen LogP contribution >= 0.6 is 0 Å². The van der Waals surface area contributed by atoms with Gasteiger partial charge in [-0.05, 0) is 43.5 Å². The molecular formula is C15H16N4. The lowest BCUT2D eigenvalue weighted by Gasteiger charge is -2.16. The zero-order valence-corrected chi connectivity index (χ0v) is 11.0. The summed E-state index contributed by atoms with van der Waals surface area (Å²) < 4.78 is 2.20. The van der Waals surface area contributed by atoms with Gasteiger partial charge in [0.2, 0.25) is 0 Å². The van der Waals surface area contributed by atoms with E-state index < -0.39 is 0 Å². The smallest absolute Gasteiger partial charge is 0.162 e. The minimum atomic E-state index is 0.590. The van der Waals surface area contributed by atoms with Crippen LogP contribution in [0.5, 0.6) is 0 Å². The number of hydrogen-bond donors (Lipinski definition) is 1. The Morgan fingerprint density at radius 2 is 2.05 bits per heavy atom. The van der Waals surface area contributed by atoms with Crippen LogP contribution in [0.25, 0.3) is 11.4 Å². The number of rotatable bonds is 2. The molecule has 0 fully saturated rings. The first-order valence-electron chi connectivity index (χ1n) is 6.61. The number of benzene rings is 1. The molecule has 2 aromatic rings. The highest BCUT2D eigenvalue weighted by Gasteiger charge is 2.20. The van der Waals surface area contributed by atoms with Gasteiger partial charge in [-0.1, -0.05) is 0 Å². The Kier molecular flexibility index (Phi) is 2.96. The van der Waals surface area contributed by atoms with Crippen LogP contribution in [-0.4, -0.2) is 16.6 Å². The number of nitrogens with one attached hydrogen (secondary N) is 1.